The van der Waals surface area contributed by atoms with E-state index >= 15 is 0 Å². The maximum absolute atomic E-state index is 13.2. The summed E-state index contributed by atoms with van der Waals surface area (Å²) in [5.41, 5.74) is 1.81. The average molecular weight is 404 g/mol. The van der Waals surface area contributed by atoms with Gasteiger partial charge in [-0.15, -0.1) is 0 Å². The van der Waals surface area contributed by atoms with E-state index < -0.39 is 6.10 Å². The Hall–Kier alpha value is -3.01. The van der Waals surface area contributed by atoms with Gasteiger partial charge < -0.3 is 14.8 Å². The number of carbonyl (C=O) groups excluding carboxylic acids is 1. The van der Waals surface area contributed by atoms with Gasteiger partial charge in [-0.3, -0.25) is 4.79 Å². The summed E-state index contributed by atoms with van der Waals surface area (Å²) in [6, 6.07) is 20.0. The van der Waals surface area contributed by atoms with Gasteiger partial charge in [0, 0.05) is 17.4 Å². The van der Waals surface area contributed by atoms with Crippen LogP contribution in [0.4, 0.5) is 0 Å². The number of rotatable bonds is 5. The van der Waals surface area contributed by atoms with E-state index in [9.17, 15) is 4.79 Å². The van der Waals surface area contributed by atoms with Gasteiger partial charge in [0.2, 0.25) is 0 Å². The van der Waals surface area contributed by atoms with Crippen LogP contribution in [-0.2, 0) is 4.79 Å². The molecule has 1 aliphatic heterocycles. The molecule has 4 heteroatoms. The Morgan fingerprint density at radius 1 is 1.17 bits per heavy atom. The van der Waals surface area contributed by atoms with E-state index in [0.717, 1.165) is 33.4 Å². The first kappa shape index (κ1) is 20.3. The van der Waals surface area contributed by atoms with Crippen molar-refractivity contribution in [2.75, 3.05) is 0 Å². The molecule has 0 fully saturated rings. The van der Waals surface area contributed by atoms with Crippen LogP contribution in [0.1, 0.15) is 50.8 Å². The lowest BCUT2D eigenvalue weighted by Crippen LogP contribution is -2.45. The molecule has 0 aromatic heterocycles. The van der Waals surface area contributed by atoms with Crippen LogP contribution in [0, 0.1) is 6.92 Å². The molecule has 156 valence electrons. The molecule has 1 N–H and O–H groups in total. The quantitative estimate of drug-likeness (QED) is 0.592. The summed E-state index contributed by atoms with van der Waals surface area (Å²) in [4.78, 5) is 13.2. The third-order valence-electron chi connectivity index (χ3n) is 5.63. The van der Waals surface area contributed by atoms with Gasteiger partial charge >= 0.3 is 0 Å². The Morgan fingerprint density at radius 3 is 2.73 bits per heavy atom. The normalized spacial score (nSPS) is 18.2. The van der Waals surface area contributed by atoms with E-state index in [1.165, 1.54) is 0 Å². The molecule has 30 heavy (non-hydrogen) atoms. The Bertz CT molecular complexity index is 1070. The van der Waals surface area contributed by atoms with E-state index in [1.54, 1.807) is 0 Å². The summed E-state index contributed by atoms with van der Waals surface area (Å²) in [5.74, 6) is 1.48. The maximum Gasteiger partial charge on any atom is 0.261 e. The predicted octanol–water partition coefficient (Wildman–Crippen LogP) is 5.72. The summed E-state index contributed by atoms with van der Waals surface area (Å²) < 4.78 is 12.4. The number of benzene rings is 3. The van der Waals surface area contributed by atoms with Crippen molar-refractivity contribution < 1.29 is 14.3 Å². The van der Waals surface area contributed by atoms with Crippen LogP contribution in [0.2, 0.25) is 0 Å². The van der Waals surface area contributed by atoms with Crippen molar-refractivity contribution in [3.8, 4) is 11.5 Å². The smallest absolute Gasteiger partial charge is 0.261 e. The molecule has 4 nitrogen and oxygen atoms in total. The second kappa shape index (κ2) is 8.02. The Labute approximate surface area is 178 Å². The Kier molecular flexibility index (Phi) is 5.42. The van der Waals surface area contributed by atoms with Gasteiger partial charge in [-0.25, -0.2) is 0 Å². The third kappa shape index (κ3) is 4.13. The van der Waals surface area contributed by atoms with Crippen molar-refractivity contribution in [3.05, 3.63) is 71.8 Å². The van der Waals surface area contributed by atoms with Crippen LogP contribution in [0.15, 0.2) is 60.7 Å². The van der Waals surface area contributed by atoms with Crippen LogP contribution in [-0.4, -0.2) is 17.6 Å². The molecule has 4 rings (SSSR count). The lowest BCUT2D eigenvalue weighted by atomic mass is 9.89. The lowest BCUT2D eigenvalue weighted by Gasteiger charge is -2.38. The molecule has 3 aromatic carbocycles. The highest BCUT2D eigenvalue weighted by atomic mass is 16.5. The summed E-state index contributed by atoms with van der Waals surface area (Å²) >= 11 is 0. The predicted molar refractivity (Wildman–Crippen MR) is 120 cm³/mol. The Balaban J connectivity index is 1.56. The first-order chi connectivity index (χ1) is 14.4. The minimum atomic E-state index is -0.560. The van der Waals surface area contributed by atoms with E-state index in [4.69, 9.17) is 9.47 Å². The molecular weight excluding hydrogens is 374 g/mol. The fourth-order valence-corrected chi connectivity index (χ4v) is 4.13. The minimum Gasteiger partial charge on any atom is -0.487 e. The Morgan fingerprint density at radius 2 is 1.93 bits per heavy atom. The van der Waals surface area contributed by atoms with Crippen LogP contribution in [0.5, 0.6) is 11.5 Å². The molecule has 1 aliphatic rings. The molecule has 1 heterocycles. The highest BCUT2D eigenvalue weighted by molar-refractivity contribution is 5.89. The van der Waals surface area contributed by atoms with Crippen molar-refractivity contribution >= 4 is 16.7 Å². The zero-order chi connectivity index (χ0) is 21.3. The van der Waals surface area contributed by atoms with Crippen molar-refractivity contribution in [3.63, 3.8) is 0 Å². The van der Waals surface area contributed by atoms with E-state index in [1.807, 2.05) is 62.4 Å². The van der Waals surface area contributed by atoms with Gasteiger partial charge in [0.25, 0.3) is 5.91 Å². The summed E-state index contributed by atoms with van der Waals surface area (Å²) in [6.45, 7) is 8.13. The van der Waals surface area contributed by atoms with Gasteiger partial charge in [-0.1, -0.05) is 55.5 Å². The number of carbonyl (C=O) groups is 1. The zero-order valence-electron chi connectivity index (χ0n) is 18.1. The number of aryl methyl sites for hydroxylation is 1. The molecule has 2 atom stereocenters. The minimum absolute atomic E-state index is 0.0975. The lowest BCUT2D eigenvalue weighted by molar-refractivity contribution is -0.129. The monoisotopic (exact) mass is 403 g/mol. The SMILES string of the molecule is CC[C@@H](Oc1cccc2ccccc12)C(=O)N[C@H]1CC(C)(C)Oc2cc(C)ccc21. The van der Waals surface area contributed by atoms with Crippen molar-refractivity contribution in [2.45, 2.75) is 58.3 Å². The largest absolute Gasteiger partial charge is 0.487 e. The molecule has 0 saturated heterocycles. The second-order valence-electron chi connectivity index (χ2n) is 8.66. The average Bonchev–Trinajstić information content (AvgIpc) is 2.70. The van der Waals surface area contributed by atoms with Crippen molar-refractivity contribution in [1.29, 1.82) is 0 Å². The number of ether oxygens (including phenoxy) is 2. The van der Waals surface area contributed by atoms with Crippen molar-refractivity contribution in [1.82, 2.24) is 5.32 Å². The molecule has 0 unspecified atom stereocenters. The number of hydrogen-bond donors (Lipinski definition) is 1. The van der Waals surface area contributed by atoms with E-state index in [0.29, 0.717) is 12.8 Å². The molecule has 0 aliphatic carbocycles. The topological polar surface area (TPSA) is 47.6 Å². The van der Waals surface area contributed by atoms with Crippen LogP contribution in [0.3, 0.4) is 0 Å². The fraction of sp³-hybridized carbons (Fsp3) is 0.346. The fourth-order valence-electron chi connectivity index (χ4n) is 4.13. The number of amides is 1. The second-order valence-corrected chi connectivity index (χ2v) is 8.66. The van der Waals surface area contributed by atoms with Gasteiger partial charge in [0.15, 0.2) is 6.10 Å². The standard InChI is InChI=1S/C26H29NO3/c1-5-22(29-23-12-8-10-18-9-6-7-11-19(18)23)25(28)27-21-16-26(3,4)30-24-15-17(2)13-14-20(21)24/h6-15,21-22H,5,16H2,1-4H3,(H,27,28)/t21-,22+/m0/s1. The summed E-state index contributed by atoms with van der Waals surface area (Å²) in [6.07, 6.45) is 0.734. The van der Waals surface area contributed by atoms with Crippen molar-refractivity contribution in [2.24, 2.45) is 0 Å². The zero-order valence-corrected chi connectivity index (χ0v) is 18.1. The summed E-state index contributed by atoms with van der Waals surface area (Å²) in [5, 5.41) is 5.34. The number of hydrogen-bond acceptors (Lipinski definition) is 3. The van der Waals surface area contributed by atoms with Gasteiger partial charge in [0.1, 0.15) is 17.1 Å². The van der Waals surface area contributed by atoms with Crippen LogP contribution < -0.4 is 14.8 Å². The third-order valence-corrected chi connectivity index (χ3v) is 5.63. The molecule has 0 bridgehead atoms. The van der Waals surface area contributed by atoms with Gasteiger partial charge in [-0.05, 0) is 50.3 Å². The van der Waals surface area contributed by atoms with E-state index in [2.05, 4.69) is 31.3 Å². The van der Waals surface area contributed by atoms with E-state index in [-0.39, 0.29) is 17.6 Å². The number of nitrogens with one attached hydrogen (secondary N) is 1. The van der Waals surface area contributed by atoms with Crippen LogP contribution in [0.25, 0.3) is 10.8 Å². The van der Waals surface area contributed by atoms with Gasteiger partial charge in [0.05, 0.1) is 6.04 Å². The maximum atomic E-state index is 13.2. The number of fused-ring (bicyclic) bond motifs is 2. The molecule has 1 amide bonds. The molecule has 0 saturated carbocycles. The van der Waals surface area contributed by atoms with Crippen LogP contribution >= 0.6 is 0 Å². The first-order valence-corrected chi connectivity index (χ1v) is 10.6. The molecule has 0 spiro atoms. The van der Waals surface area contributed by atoms with Gasteiger partial charge in [-0.2, -0.15) is 0 Å². The first-order valence-electron chi connectivity index (χ1n) is 10.6. The molecular formula is C26H29NO3. The molecule has 0 radical (unpaired) electrons. The molecule has 3 aromatic rings. The summed E-state index contributed by atoms with van der Waals surface area (Å²) in [7, 11) is 0. The highest BCUT2D eigenvalue weighted by Crippen LogP contribution is 2.40. The highest BCUT2D eigenvalue weighted by Gasteiger charge is 2.35.